The molecule has 0 saturated heterocycles. The van der Waals surface area contributed by atoms with Crippen molar-refractivity contribution in [3.05, 3.63) is 94.8 Å². The normalized spacial score (nSPS) is 23.6. The van der Waals surface area contributed by atoms with Crippen LogP contribution in [0.1, 0.15) is 41.9 Å². The molecule has 0 radical (unpaired) electrons. The summed E-state index contributed by atoms with van der Waals surface area (Å²) in [5.74, 6) is -5.97. The predicted molar refractivity (Wildman–Crippen MR) is 148 cm³/mol. The predicted octanol–water partition coefficient (Wildman–Crippen LogP) is 5.64. The zero-order valence-electron chi connectivity index (χ0n) is 21.8. The van der Waals surface area contributed by atoms with Crippen LogP contribution in [0.5, 0.6) is 0 Å². The molecule has 3 N–H and O–H groups in total. The molecule has 2 aromatic heterocycles. The van der Waals surface area contributed by atoms with Gasteiger partial charge in [-0.3, -0.25) is 9.78 Å². The van der Waals surface area contributed by atoms with E-state index in [4.69, 9.17) is 11.6 Å². The Labute approximate surface area is 243 Å². The molecule has 2 aliphatic rings. The number of fused-ring (bicyclic) bond motifs is 2. The van der Waals surface area contributed by atoms with Crippen molar-refractivity contribution in [2.24, 2.45) is 11.8 Å². The van der Waals surface area contributed by atoms with E-state index in [1.165, 1.54) is 12.1 Å². The number of aliphatic hydroxyl groups is 1. The topological polar surface area (TPSA) is 125 Å². The molecule has 6 rings (SSSR count). The maximum atomic E-state index is 14.0. The first-order chi connectivity index (χ1) is 20.0. The summed E-state index contributed by atoms with van der Waals surface area (Å²) in [6.45, 7) is 0. The van der Waals surface area contributed by atoms with Gasteiger partial charge in [-0.15, -0.1) is 0 Å². The number of aromatic nitrogens is 3. The lowest BCUT2D eigenvalue weighted by Crippen LogP contribution is -2.45. The minimum Gasteiger partial charge on any atom is -0.382 e. The number of hydrogen-bond donors (Lipinski definition) is 3. The molecule has 2 aromatic carbocycles. The van der Waals surface area contributed by atoms with Gasteiger partial charge in [-0.25, -0.2) is 26.6 Å². The van der Waals surface area contributed by atoms with Gasteiger partial charge in [0.1, 0.15) is 11.4 Å². The largest absolute Gasteiger partial charge is 0.382 e. The fourth-order valence-corrected chi connectivity index (χ4v) is 9.12. The fraction of sp³-hybridized carbons (Fsp3) is 0.276. The number of benzene rings is 2. The maximum Gasteiger partial charge on any atom is 0.255 e. The van der Waals surface area contributed by atoms with E-state index in [0.717, 1.165) is 6.07 Å². The van der Waals surface area contributed by atoms with Crippen LogP contribution in [-0.2, 0) is 15.4 Å². The summed E-state index contributed by atoms with van der Waals surface area (Å²) in [5.41, 5.74) is -0.540. The number of anilines is 1. The van der Waals surface area contributed by atoms with Gasteiger partial charge in [-0.1, -0.05) is 17.7 Å². The Bertz CT molecular complexity index is 1760. The number of halogens is 4. The second-order valence-corrected chi connectivity index (χ2v) is 13.2. The smallest absolute Gasteiger partial charge is 0.255 e. The van der Waals surface area contributed by atoms with E-state index in [1.54, 1.807) is 18.5 Å². The summed E-state index contributed by atoms with van der Waals surface area (Å²) in [4.78, 5) is 24.4. The Kier molecular flexibility index (Phi) is 7.11. The molecule has 2 heterocycles. The van der Waals surface area contributed by atoms with E-state index < -0.39 is 55.9 Å². The Morgan fingerprint density at radius 3 is 2.36 bits per heavy atom. The first kappa shape index (κ1) is 28.4. The monoisotopic (exact) mass is 616 g/mol. The van der Waals surface area contributed by atoms with Crippen LogP contribution in [-0.4, -0.2) is 39.6 Å². The highest BCUT2D eigenvalue weighted by atomic mass is 35.5. The number of amides is 1. The minimum atomic E-state index is -4.08. The lowest BCUT2D eigenvalue weighted by molar-refractivity contribution is -0.0309. The average Bonchev–Trinajstić information content (AvgIpc) is 3.57. The lowest BCUT2D eigenvalue weighted by Gasteiger charge is -2.39. The minimum absolute atomic E-state index is 0.0864. The number of hydrogen-bond acceptors (Lipinski definition) is 6. The van der Waals surface area contributed by atoms with Gasteiger partial charge < -0.3 is 15.4 Å². The average molecular weight is 617 g/mol. The highest BCUT2D eigenvalue weighted by molar-refractivity contribution is 7.92. The SMILES string of the molecule is O=C(Nc1cc(F)c(F)c(F)c1)c1ccc(Cl)c(S(=O)(=O)C2C3CC[C@H]2CC(O)(c2ncc(-c4ccccn4)[nH]2)C3)c1. The summed E-state index contributed by atoms with van der Waals surface area (Å²) < 4.78 is 68.5. The second-order valence-electron chi connectivity index (χ2n) is 10.8. The third kappa shape index (κ3) is 4.97. The second kappa shape index (κ2) is 10.5. The number of aromatic amines is 1. The third-order valence-electron chi connectivity index (χ3n) is 8.09. The molecule has 3 unspecified atom stereocenters. The molecular weight excluding hydrogens is 593 g/mol. The Morgan fingerprint density at radius 1 is 1.02 bits per heavy atom. The highest BCUT2D eigenvalue weighted by Gasteiger charge is 2.55. The molecule has 218 valence electrons. The molecule has 0 spiro atoms. The standard InChI is InChI=1S/C29H24ClF3N4O4S/c30-19-7-6-15(27(38)36-18-10-20(31)25(33)21(32)11-18)9-24(19)42(40,41)26-16-4-5-17(26)13-29(39,12-16)28-35-14-23(37-28)22-3-1-2-8-34-22/h1-3,6-11,14,16-17,26,39H,4-5,12-13H2,(H,35,37)(H,36,38)/t16-,17?,26?,29?/m0/s1. The van der Waals surface area contributed by atoms with Gasteiger partial charge in [0, 0.05) is 29.6 Å². The number of nitrogens with zero attached hydrogens (tertiary/aromatic N) is 2. The molecular formula is C29H24ClF3N4O4S. The van der Waals surface area contributed by atoms with Crippen molar-refractivity contribution in [1.29, 1.82) is 0 Å². The number of rotatable bonds is 6. The molecule has 2 bridgehead atoms. The number of pyridine rings is 1. The molecule has 2 fully saturated rings. The number of carbonyl (C=O) groups is 1. The zero-order chi connectivity index (χ0) is 29.8. The van der Waals surface area contributed by atoms with Crippen molar-refractivity contribution in [3.63, 3.8) is 0 Å². The van der Waals surface area contributed by atoms with E-state index >= 15 is 0 Å². The number of sulfone groups is 1. The van der Waals surface area contributed by atoms with Crippen molar-refractivity contribution in [2.75, 3.05) is 5.32 Å². The van der Waals surface area contributed by atoms with Crippen LogP contribution in [0.2, 0.25) is 5.02 Å². The molecule has 2 saturated carbocycles. The van der Waals surface area contributed by atoms with Crippen molar-refractivity contribution >= 4 is 33.0 Å². The van der Waals surface area contributed by atoms with Gasteiger partial charge in [-0.05, 0) is 67.9 Å². The van der Waals surface area contributed by atoms with Crippen molar-refractivity contribution in [1.82, 2.24) is 15.0 Å². The molecule has 4 aromatic rings. The first-order valence-corrected chi connectivity index (χ1v) is 15.1. The quantitative estimate of drug-likeness (QED) is 0.241. The summed E-state index contributed by atoms with van der Waals surface area (Å²) >= 11 is 6.33. The Balaban J connectivity index is 1.25. The molecule has 42 heavy (non-hydrogen) atoms. The van der Waals surface area contributed by atoms with Gasteiger partial charge in [0.25, 0.3) is 5.91 Å². The Hall–Kier alpha value is -3.74. The summed E-state index contributed by atoms with van der Waals surface area (Å²) in [7, 11) is -4.08. The number of carbonyl (C=O) groups excluding carboxylic acids is 1. The van der Waals surface area contributed by atoms with Crippen LogP contribution >= 0.6 is 11.6 Å². The van der Waals surface area contributed by atoms with E-state index in [9.17, 15) is 31.5 Å². The van der Waals surface area contributed by atoms with Crippen LogP contribution in [0.15, 0.2) is 65.8 Å². The van der Waals surface area contributed by atoms with Crippen molar-refractivity contribution < 1.29 is 31.5 Å². The van der Waals surface area contributed by atoms with Gasteiger partial charge in [0.15, 0.2) is 27.3 Å². The zero-order valence-corrected chi connectivity index (χ0v) is 23.4. The highest BCUT2D eigenvalue weighted by Crippen LogP contribution is 2.54. The number of imidazole rings is 1. The first-order valence-electron chi connectivity index (χ1n) is 13.1. The van der Waals surface area contributed by atoms with Crippen LogP contribution in [0, 0.1) is 29.3 Å². The molecule has 0 aliphatic heterocycles. The summed E-state index contributed by atoms with van der Waals surface area (Å²) in [6.07, 6.45) is 4.69. The van der Waals surface area contributed by atoms with Crippen molar-refractivity contribution in [3.8, 4) is 11.4 Å². The van der Waals surface area contributed by atoms with Crippen molar-refractivity contribution in [2.45, 2.75) is 41.4 Å². The van der Waals surface area contributed by atoms with Crippen LogP contribution in [0.4, 0.5) is 18.9 Å². The number of H-pyrrole nitrogens is 1. The molecule has 13 heteroatoms. The van der Waals surface area contributed by atoms with Gasteiger partial charge in [0.2, 0.25) is 0 Å². The third-order valence-corrected chi connectivity index (χ3v) is 11.0. The summed E-state index contributed by atoms with van der Waals surface area (Å²) in [6, 6.07) is 10.3. The van der Waals surface area contributed by atoms with Crippen LogP contribution in [0.25, 0.3) is 11.4 Å². The maximum absolute atomic E-state index is 14.0. The van der Waals surface area contributed by atoms with E-state index in [-0.39, 0.29) is 34.0 Å². The molecule has 2 aliphatic carbocycles. The molecule has 4 atom stereocenters. The van der Waals surface area contributed by atoms with Gasteiger partial charge >= 0.3 is 0 Å². The van der Waals surface area contributed by atoms with E-state index in [2.05, 4.69) is 20.3 Å². The van der Waals surface area contributed by atoms with Crippen LogP contribution in [0.3, 0.4) is 0 Å². The van der Waals surface area contributed by atoms with E-state index in [0.29, 0.717) is 42.2 Å². The summed E-state index contributed by atoms with van der Waals surface area (Å²) in [5, 5.41) is 13.0. The molecule has 1 amide bonds. The van der Waals surface area contributed by atoms with Gasteiger partial charge in [0.05, 0.1) is 32.8 Å². The molecule has 8 nitrogen and oxygen atoms in total. The number of nitrogens with one attached hydrogen (secondary N) is 2. The fourth-order valence-electron chi connectivity index (χ4n) is 6.28. The van der Waals surface area contributed by atoms with Crippen LogP contribution < -0.4 is 5.32 Å². The van der Waals surface area contributed by atoms with E-state index in [1.807, 2.05) is 12.1 Å². The lowest BCUT2D eigenvalue weighted by atomic mass is 9.76. The Morgan fingerprint density at radius 2 is 1.71 bits per heavy atom. The van der Waals surface area contributed by atoms with Gasteiger partial charge in [-0.2, -0.15) is 0 Å².